The summed E-state index contributed by atoms with van der Waals surface area (Å²) in [4.78, 5) is 16.7. The number of nitro groups is 1. The van der Waals surface area contributed by atoms with E-state index in [0.29, 0.717) is 12.4 Å². The molecular formula is C12H20N4O2. The van der Waals surface area contributed by atoms with Crippen LogP contribution in [0.15, 0.2) is 12.3 Å². The molecule has 0 atom stereocenters. The molecule has 6 heteroatoms. The normalized spacial score (nSPS) is 11.7. The van der Waals surface area contributed by atoms with E-state index in [1.54, 1.807) is 13.1 Å². The van der Waals surface area contributed by atoms with Gasteiger partial charge in [0.25, 0.3) is 0 Å². The minimum absolute atomic E-state index is 0.0181. The monoisotopic (exact) mass is 252 g/mol. The second-order valence-corrected chi connectivity index (χ2v) is 5.20. The summed E-state index contributed by atoms with van der Waals surface area (Å²) >= 11 is 0. The van der Waals surface area contributed by atoms with Gasteiger partial charge in [-0.1, -0.05) is 0 Å². The van der Waals surface area contributed by atoms with Crippen molar-refractivity contribution in [2.75, 3.05) is 26.0 Å². The fraction of sp³-hybridized carbons (Fsp3) is 0.583. The molecule has 0 radical (unpaired) electrons. The first-order chi connectivity index (χ1) is 8.24. The Hall–Kier alpha value is -1.69. The van der Waals surface area contributed by atoms with Gasteiger partial charge in [-0.05, 0) is 40.4 Å². The molecular weight excluding hydrogens is 232 g/mol. The second kappa shape index (κ2) is 5.30. The van der Waals surface area contributed by atoms with Crippen LogP contribution < -0.4 is 5.32 Å². The van der Waals surface area contributed by atoms with Crippen LogP contribution >= 0.6 is 0 Å². The van der Waals surface area contributed by atoms with E-state index >= 15 is 0 Å². The second-order valence-electron chi connectivity index (χ2n) is 5.20. The minimum Gasteiger partial charge on any atom is -0.363 e. The number of rotatable bonds is 5. The Morgan fingerprint density at radius 1 is 1.50 bits per heavy atom. The molecule has 0 aliphatic heterocycles. The maximum atomic E-state index is 10.9. The van der Waals surface area contributed by atoms with Crippen molar-refractivity contribution in [2.24, 2.45) is 0 Å². The number of anilines is 1. The predicted molar refractivity (Wildman–Crippen MR) is 71.9 cm³/mol. The van der Waals surface area contributed by atoms with Crippen molar-refractivity contribution in [3.05, 3.63) is 27.9 Å². The number of likely N-dealkylation sites (N-methyl/N-ethyl adjacent to an activating group) is 1. The summed E-state index contributed by atoms with van der Waals surface area (Å²) in [5, 5.41) is 14.0. The lowest BCUT2D eigenvalue weighted by Crippen LogP contribution is -2.44. The molecule has 0 spiro atoms. The molecule has 0 saturated heterocycles. The molecule has 0 fully saturated rings. The average Bonchev–Trinajstić information content (AvgIpc) is 2.27. The number of aromatic nitrogens is 1. The van der Waals surface area contributed by atoms with Crippen LogP contribution in [0.2, 0.25) is 0 Å². The first-order valence-corrected chi connectivity index (χ1v) is 5.76. The molecule has 0 bridgehead atoms. The van der Waals surface area contributed by atoms with Gasteiger partial charge in [-0.3, -0.25) is 10.1 Å². The lowest BCUT2D eigenvalue weighted by atomic mass is 10.0. The zero-order valence-corrected chi connectivity index (χ0v) is 11.5. The lowest BCUT2D eigenvalue weighted by Gasteiger charge is -2.32. The Bertz CT molecular complexity index is 444. The van der Waals surface area contributed by atoms with Gasteiger partial charge in [-0.15, -0.1) is 0 Å². The highest BCUT2D eigenvalue weighted by Gasteiger charge is 2.22. The Morgan fingerprint density at radius 3 is 2.61 bits per heavy atom. The number of nitrogens with zero attached hydrogens (tertiary/aromatic N) is 3. The van der Waals surface area contributed by atoms with Crippen molar-refractivity contribution in [3.8, 4) is 0 Å². The molecule has 0 aromatic carbocycles. The van der Waals surface area contributed by atoms with Crippen molar-refractivity contribution < 1.29 is 4.92 Å². The van der Waals surface area contributed by atoms with Gasteiger partial charge in [0, 0.05) is 24.3 Å². The Kier molecular flexibility index (Phi) is 4.24. The van der Waals surface area contributed by atoms with Gasteiger partial charge in [0.15, 0.2) is 0 Å². The molecule has 1 aromatic rings. The summed E-state index contributed by atoms with van der Waals surface area (Å²) in [5.74, 6) is 0.320. The van der Waals surface area contributed by atoms with E-state index in [-0.39, 0.29) is 11.2 Å². The molecule has 1 heterocycles. The van der Waals surface area contributed by atoms with Crippen LogP contribution in [0.1, 0.15) is 19.4 Å². The SMILES string of the molecule is Cc1cnc(NCC(C)(C)N(C)C)c([N+](=O)[O-])c1. The minimum atomic E-state index is -0.412. The fourth-order valence-corrected chi connectivity index (χ4v) is 1.29. The summed E-state index contributed by atoms with van der Waals surface area (Å²) in [5.41, 5.74) is 0.684. The van der Waals surface area contributed by atoms with Gasteiger partial charge >= 0.3 is 5.69 Å². The molecule has 0 aliphatic rings. The maximum absolute atomic E-state index is 10.9. The summed E-state index contributed by atoms with van der Waals surface area (Å²) in [7, 11) is 3.94. The number of hydrogen-bond acceptors (Lipinski definition) is 5. The highest BCUT2D eigenvalue weighted by molar-refractivity contribution is 5.56. The third-order valence-corrected chi connectivity index (χ3v) is 3.10. The molecule has 0 saturated carbocycles. The zero-order chi connectivity index (χ0) is 13.9. The molecule has 1 N–H and O–H groups in total. The number of hydrogen-bond donors (Lipinski definition) is 1. The molecule has 0 amide bonds. The zero-order valence-electron chi connectivity index (χ0n) is 11.5. The van der Waals surface area contributed by atoms with Crippen LogP contribution in [0.25, 0.3) is 0 Å². The summed E-state index contributed by atoms with van der Waals surface area (Å²) < 4.78 is 0. The van der Waals surface area contributed by atoms with Crippen molar-refractivity contribution in [2.45, 2.75) is 26.3 Å². The third-order valence-electron chi connectivity index (χ3n) is 3.10. The van der Waals surface area contributed by atoms with Gasteiger partial charge in [-0.25, -0.2) is 4.98 Å². The van der Waals surface area contributed by atoms with Gasteiger partial charge in [0.1, 0.15) is 0 Å². The van der Waals surface area contributed by atoms with Crippen molar-refractivity contribution in [1.82, 2.24) is 9.88 Å². The van der Waals surface area contributed by atoms with Gasteiger partial charge in [0.05, 0.1) is 4.92 Å². The van der Waals surface area contributed by atoms with Crippen LogP contribution in [0.5, 0.6) is 0 Å². The lowest BCUT2D eigenvalue weighted by molar-refractivity contribution is -0.384. The van der Waals surface area contributed by atoms with Crippen LogP contribution in [-0.2, 0) is 0 Å². The van der Waals surface area contributed by atoms with Crippen molar-refractivity contribution >= 4 is 11.5 Å². The Morgan fingerprint density at radius 2 is 2.11 bits per heavy atom. The van der Waals surface area contributed by atoms with Gasteiger partial charge in [0.2, 0.25) is 5.82 Å². The van der Waals surface area contributed by atoms with E-state index < -0.39 is 4.92 Å². The highest BCUT2D eigenvalue weighted by atomic mass is 16.6. The molecule has 6 nitrogen and oxygen atoms in total. The summed E-state index contributed by atoms with van der Waals surface area (Å²) in [6.45, 7) is 6.48. The topological polar surface area (TPSA) is 71.3 Å². The summed E-state index contributed by atoms with van der Waals surface area (Å²) in [6, 6.07) is 1.53. The van der Waals surface area contributed by atoms with E-state index in [4.69, 9.17) is 0 Å². The number of nitrogens with one attached hydrogen (secondary N) is 1. The van der Waals surface area contributed by atoms with E-state index in [0.717, 1.165) is 5.56 Å². The number of pyridine rings is 1. The molecule has 0 aliphatic carbocycles. The van der Waals surface area contributed by atoms with Crippen LogP contribution in [-0.4, -0.2) is 41.0 Å². The van der Waals surface area contributed by atoms with Crippen molar-refractivity contribution in [1.29, 1.82) is 0 Å². The van der Waals surface area contributed by atoms with Crippen molar-refractivity contribution in [3.63, 3.8) is 0 Å². The molecule has 100 valence electrons. The van der Waals surface area contributed by atoms with Crippen LogP contribution in [0, 0.1) is 17.0 Å². The largest absolute Gasteiger partial charge is 0.363 e. The van der Waals surface area contributed by atoms with Gasteiger partial charge < -0.3 is 10.2 Å². The highest BCUT2D eigenvalue weighted by Crippen LogP contribution is 2.23. The standard InChI is InChI=1S/C12H20N4O2/c1-9-6-10(16(17)18)11(13-7-9)14-8-12(2,3)15(4)5/h6-7H,8H2,1-5H3,(H,13,14). The molecule has 1 rings (SSSR count). The van der Waals surface area contributed by atoms with Gasteiger partial charge in [-0.2, -0.15) is 0 Å². The maximum Gasteiger partial charge on any atom is 0.311 e. The van der Waals surface area contributed by atoms with E-state index in [1.807, 2.05) is 14.1 Å². The third kappa shape index (κ3) is 3.40. The first-order valence-electron chi connectivity index (χ1n) is 5.76. The molecule has 0 unspecified atom stereocenters. The quantitative estimate of drug-likeness (QED) is 0.641. The molecule has 18 heavy (non-hydrogen) atoms. The Labute approximate surface area is 107 Å². The van der Waals surface area contributed by atoms with E-state index in [2.05, 4.69) is 29.0 Å². The average molecular weight is 252 g/mol. The van der Waals surface area contributed by atoms with E-state index in [9.17, 15) is 10.1 Å². The van der Waals surface area contributed by atoms with Crippen LogP contribution in [0.4, 0.5) is 11.5 Å². The first kappa shape index (κ1) is 14.4. The number of aryl methyl sites for hydroxylation is 1. The fourth-order valence-electron chi connectivity index (χ4n) is 1.29. The van der Waals surface area contributed by atoms with E-state index in [1.165, 1.54) is 6.07 Å². The smallest absolute Gasteiger partial charge is 0.311 e. The Balaban J connectivity index is 2.89. The van der Waals surface area contributed by atoms with Crippen LogP contribution in [0.3, 0.4) is 0 Å². The molecule has 1 aromatic heterocycles. The predicted octanol–water partition coefficient (Wildman–Crippen LogP) is 2.05. The summed E-state index contributed by atoms with van der Waals surface area (Å²) in [6.07, 6.45) is 1.62.